The van der Waals surface area contributed by atoms with Crippen molar-refractivity contribution in [1.29, 1.82) is 0 Å². The number of esters is 1. The summed E-state index contributed by atoms with van der Waals surface area (Å²) in [7, 11) is 1.65. The van der Waals surface area contributed by atoms with Crippen LogP contribution in [-0.2, 0) is 17.6 Å². The second-order valence-electron chi connectivity index (χ2n) is 8.00. The summed E-state index contributed by atoms with van der Waals surface area (Å²) < 4.78 is 10.8. The van der Waals surface area contributed by atoms with E-state index in [0.717, 1.165) is 30.7 Å². The molecule has 0 heterocycles. The minimum Gasteiger partial charge on any atom is -0.497 e. The molecule has 0 spiro atoms. The SMILES string of the molecule is COc1ccc(C2CCc3cc(OC(=O)C(C)(C)C)ccc3C2)c(N)c1. The van der Waals surface area contributed by atoms with Gasteiger partial charge in [-0.25, -0.2) is 0 Å². The van der Waals surface area contributed by atoms with Gasteiger partial charge in [-0.15, -0.1) is 0 Å². The van der Waals surface area contributed by atoms with Gasteiger partial charge in [0, 0.05) is 11.8 Å². The summed E-state index contributed by atoms with van der Waals surface area (Å²) in [4.78, 5) is 12.1. The van der Waals surface area contributed by atoms with E-state index in [4.69, 9.17) is 15.2 Å². The fourth-order valence-electron chi connectivity index (χ4n) is 3.37. The Morgan fingerprint density at radius 2 is 1.81 bits per heavy atom. The number of hydrogen-bond donors (Lipinski definition) is 1. The number of carbonyl (C=O) groups excluding carboxylic acids is 1. The normalized spacial score (nSPS) is 16.7. The molecule has 138 valence electrons. The van der Waals surface area contributed by atoms with E-state index in [-0.39, 0.29) is 5.97 Å². The maximum absolute atomic E-state index is 12.1. The highest BCUT2D eigenvalue weighted by molar-refractivity contribution is 5.77. The van der Waals surface area contributed by atoms with Crippen LogP contribution in [0.5, 0.6) is 11.5 Å². The third-order valence-corrected chi connectivity index (χ3v) is 4.96. The molecule has 4 nitrogen and oxygen atoms in total. The number of anilines is 1. The monoisotopic (exact) mass is 353 g/mol. The minimum absolute atomic E-state index is 0.211. The number of fused-ring (bicyclic) bond motifs is 1. The van der Waals surface area contributed by atoms with E-state index in [0.29, 0.717) is 11.7 Å². The van der Waals surface area contributed by atoms with Gasteiger partial charge in [-0.05, 0) is 80.8 Å². The molecule has 0 aliphatic heterocycles. The second-order valence-corrected chi connectivity index (χ2v) is 8.00. The Hall–Kier alpha value is -2.49. The van der Waals surface area contributed by atoms with Gasteiger partial charge in [0.05, 0.1) is 12.5 Å². The molecule has 2 aromatic carbocycles. The lowest BCUT2D eigenvalue weighted by Gasteiger charge is -2.26. The highest BCUT2D eigenvalue weighted by atomic mass is 16.5. The molecule has 1 aliphatic rings. The molecule has 3 rings (SSSR count). The maximum Gasteiger partial charge on any atom is 0.316 e. The summed E-state index contributed by atoms with van der Waals surface area (Å²) >= 11 is 0. The number of benzene rings is 2. The van der Waals surface area contributed by atoms with Crippen LogP contribution in [0.4, 0.5) is 5.69 Å². The third kappa shape index (κ3) is 3.85. The molecule has 2 N–H and O–H groups in total. The van der Waals surface area contributed by atoms with Crippen LogP contribution in [0, 0.1) is 5.41 Å². The Bertz CT molecular complexity index is 821. The molecular formula is C22H27NO3. The van der Waals surface area contributed by atoms with Crippen molar-refractivity contribution in [1.82, 2.24) is 0 Å². The van der Waals surface area contributed by atoms with Crippen LogP contribution < -0.4 is 15.2 Å². The van der Waals surface area contributed by atoms with E-state index < -0.39 is 5.41 Å². The summed E-state index contributed by atoms with van der Waals surface area (Å²) in [6.45, 7) is 5.58. The van der Waals surface area contributed by atoms with E-state index in [9.17, 15) is 4.79 Å². The van der Waals surface area contributed by atoms with Crippen LogP contribution in [0.3, 0.4) is 0 Å². The molecule has 0 saturated heterocycles. The zero-order chi connectivity index (χ0) is 18.9. The number of hydrogen-bond acceptors (Lipinski definition) is 4. The lowest BCUT2D eigenvalue weighted by atomic mass is 9.79. The maximum atomic E-state index is 12.1. The first-order valence-corrected chi connectivity index (χ1v) is 9.05. The van der Waals surface area contributed by atoms with E-state index >= 15 is 0 Å². The molecule has 1 unspecified atom stereocenters. The molecule has 0 aromatic heterocycles. The van der Waals surface area contributed by atoms with Gasteiger partial charge in [0.25, 0.3) is 0 Å². The number of aryl methyl sites for hydroxylation is 1. The van der Waals surface area contributed by atoms with Crippen molar-refractivity contribution in [3.05, 3.63) is 53.1 Å². The molecule has 0 amide bonds. The molecule has 0 bridgehead atoms. The molecule has 2 aromatic rings. The summed E-state index contributed by atoms with van der Waals surface area (Å²) in [6.07, 6.45) is 2.92. The molecule has 4 heteroatoms. The first kappa shape index (κ1) is 18.3. The molecule has 1 aliphatic carbocycles. The second kappa shape index (κ2) is 7.02. The third-order valence-electron chi connectivity index (χ3n) is 4.96. The first-order chi connectivity index (χ1) is 12.3. The van der Waals surface area contributed by atoms with Gasteiger partial charge in [-0.3, -0.25) is 4.79 Å². The number of nitrogen functional groups attached to an aromatic ring is 1. The largest absolute Gasteiger partial charge is 0.497 e. The fraction of sp³-hybridized carbons (Fsp3) is 0.409. The molecule has 0 fully saturated rings. The Morgan fingerprint density at radius 1 is 1.08 bits per heavy atom. The van der Waals surface area contributed by atoms with Crippen LogP contribution in [0.25, 0.3) is 0 Å². The Morgan fingerprint density at radius 3 is 2.46 bits per heavy atom. The topological polar surface area (TPSA) is 61.5 Å². The van der Waals surface area contributed by atoms with Crippen molar-refractivity contribution >= 4 is 11.7 Å². The summed E-state index contributed by atoms with van der Waals surface area (Å²) in [5.41, 5.74) is 10.2. The van der Waals surface area contributed by atoms with Gasteiger partial charge in [0.1, 0.15) is 11.5 Å². The predicted octanol–water partition coefficient (Wildman–Crippen LogP) is 4.50. The van der Waals surface area contributed by atoms with Crippen LogP contribution in [-0.4, -0.2) is 13.1 Å². The Kier molecular flexibility index (Phi) is 4.94. The Labute approximate surface area is 155 Å². The number of rotatable bonds is 3. The predicted molar refractivity (Wildman–Crippen MR) is 104 cm³/mol. The quantitative estimate of drug-likeness (QED) is 0.501. The molecule has 0 radical (unpaired) electrons. The van der Waals surface area contributed by atoms with Crippen molar-refractivity contribution in [3.8, 4) is 11.5 Å². The fourth-order valence-corrected chi connectivity index (χ4v) is 3.37. The van der Waals surface area contributed by atoms with Crippen molar-refractivity contribution in [2.24, 2.45) is 5.41 Å². The molecule has 1 atom stereocenters. The van der Waals surface area contributed by atoms with Crippen LogP contribution >= 0.6 is 0 Å². The van der Waals surface area contributed by atoms with Gasteiger partial charge in [-0.1, -0.05) is 12.1 Å². The number of ether oxygens (including phenoxy) is 2. The lowest BCUT2D eigenvalue weighted by molar-refractivity contribution is -0.143. The van der Waals surface area contributed by atoms with E-state index in [1.54, 1.807) is 7.11 Å². The summed E-state index contributed by atoms with van der Waals surface area (Å²) in [5.74, 6) is 1.60. The molecule has 0 saturated carbocycles. The van der Waals surface area contributed by atoms with Crippen molar-refractivity contribution in [2.45, 2.75) is 46.0 Å². The van der Waals surface area contributed by atoms with Crippen molar-refractivity contribution in [3.63, 3.8) is 0 Å². The van der Waals surface area contributed by atoms with E-state index in [1.807, 2.05) is 45.0 Å². The molecule has 26 heavy (non-hydrogen) atoms. The lowest BCUT2D eigenvalue weighted by Crippen LogP contribution is -2.25. The van der Waals surface area contributed by atoms with E-state index in [1.165, 1.54) is 16.7 Å². The highest BCUT2D eigenvalue weighted by Gasteiger charge is 2.25. The summed E-state index contributed by atoms with van der Waals surface area (Å²) in [6, 6.07) is 11.9. The van der Waals surface area contributed by atoms with E-state index in [2.05, 4.69) is 12.1 Å². The Balaban J connectivity index is 1.77. The van der Waals surface area contributed by atoms with Gasteiger partial charge in [0.15, 0.2) is 0 Å². The van der Waals surface area contributed by atoms with Crippen LogP contribution in [0.15, 0.2) is 36.4 Å². The van der Waals surface area contributed by atoms with Crippen LogP contribution in [0.2, 0.25) is 0 Å². The standard InChI is InChI=1S/C22H27NO3/c1-22(2,3)21(24)26-18-8-7-14-11-16(6-5-15(14)12-18)19-10-9-17(25-4)13-20(19)23/h7-10,12-13,16H,5-6,11,23H2,1-4H3. The number of carbonyl (C=O) groups is 1. The van der Waals surface area contributed by atoms with Crippen molar-refractivity contribution in [2.75, 3.05) is 12.8 Å². The first-order valence-electron chi connectivity index (χ1n) is 9.05. The highest BCUT2D eigenvalue weighted by Crippen LogP contribution is 2.37. The van der Waals surface area contributed by atoms with Crippen LogP contribution in [0.1, 0.15) is 49.8 Å². The van der Waals surface area contributed by atoms with Gasteiger partial charge < -0.3 is 15.2 Å². The number of nitrogens with two attached hydrogens (primary N) is 1. The van der Waals surface area contributed by atoms with Gasteiger partial charge in [-0.2, -0.15) is 0 Å². The minimum atomic E-state index is -0.507. The van der Waals surface area contributed by atoms with Gasteiger partial charge >= 0.3 is 5.97 Å². The zero-order valence-corrected chi connectivity index (χ0v) is 16.0. The molecular weight excluding hydrogens is 326 g/mol. The summed E-state index contributed by atoms with van der Waals surface area (Å²) in [5, 5.41) is 0. The average molecular weight is 353 g/mol. The smallest absolute Gasteiger partial charge is 0.316 e. The van der Waals surface area contributed by atoms with Gasteiger partial charge in [0.2, 0.25) is 0 Å². The zero-order valence-electron chi connectivity index (χ0n) is 16.0. The van der Waals surface area contributed by atoms with Crippen molar-refractivity contribution < 1.29 is 14.3 Å². The number of methoxy groups -OCH3 is 1. The average Bonchev–Trinajstić information content (AvgIpc) is 2.60.